The highest BCUT2D eigenvalue weighted by atomic mass is 32.1. The molecule has 7 atom stereocenters. The van der Waals surface area contributed by atoms with Crippen molar-refractivity contribution in [1.82, 2.24) is 30.2 Å². The molecule has 2 aromatic rings. The van der Waals surface area contributed by atoms with E-state index in [2.05, 4.69) is 47.0 Å². The van der Waals surface area contributed by atoms with Crippen molar-refractivity contribution in [1.29, 1.82) is 0 Å². The number of hydrogen-bond acceptors (Lipinski definition) is 17. The van der Waals surface area contributed by atoms with Crippen LogP contribution in [-0.2, 0) is 45.9 Å². The first-order valence-electron chi connectivity index (χ1n) is 13.7. The molecule has 0 aromatic carbocycles. The van der Waals surface area contributed by atoms with Crippen LogP contribution in [0.15, 0.2) is 12.7 Å². The smallest absolute Gasteiger partial charge is 0.386 e. The third kappa shape index (κ3) is 11.2. The third-order valence-corrected chi connectivity index (χ3v) is 9.83. The van der Waals surface area contributed by atoms with E-state index in [1.807, 2.05) is 0 Å². The Morgan fingerprint density at radius 3 is 2.42 bits per heavy atom. The maximum Gasteiger partial charge on any atom is 0.481 e. The van der Waals surface area contributed by atoms with Gasteiger partial charge < -0.3 is 50.9 Å². The molecule has 2 aromatic heterocycles. The number of aliphatic hydroxyl groups is 2. The number of thiol groups is 1. The number of phosphoric acid groups is 3. The van der Waals surface area contributed by atoms with Crippen molar-refractivity contribution < 1.29 is 75.7 Å². The summed E-state index contributed by atoms with van der Waals surface area (Å²) in [5, 5.41) is 26.1. The van der Waals surface area contributed by atoms with Crippen LogP contribution in [0.2, 0.25) is 0 Å². The number of phosphoric ester groups is 3. The van der Waals surface area contributed by atoms with Crippen molar-refractivity contribution in [2.24, 2.45) is 5.41 Å². The van der Waals surface area contributed by atoms with E-state index in [0.717, 1.165) is 17.2 Å². The highest BCUT2D eigenvalue weighted by molar-refractivity contribution is 7.80. The Hall–Kier alpha value is -2.11. The van der Waals surface area contributed by atoms with Gasteiger partial charge in [-0.2, -0.15) is 16.9 Å². The van der Waals surface area contributed by atoms with E-state index >= 15 is 0 Å². The molecule has 48 heavy (non-hydrogen) atoms. The first-order chi connectivity index (χ1) is 22.2. The summed E-state index contributed by atoms with van der Waals surface area (Å²) < 4.78 is 61.7. The highest BCUT2D eigenvalue weighted by Crippen LogP contribution is 2.61. The van der Waals surface area contributed by atoms with Crippen LogP contribution >= 0.6 is 36.1 Å². The number of imidazole rings is 1. The fourth-order valence-corrected chi connectivity index (χ4v) is 7.08. The number of anilines is 1. The van der Waals surface area contributed by atoms with Crippen molar-refractivity contribution in [3.8, 4) is 0 Å². The van der Waals surface area contributed by atoms with E-state index < -0.39 is 78.6 Å². The second kappa shape index (κ2) is 16.3. The lowest BCUT2D eigenvalue weighted by atomic mass is 9.87. The molecule has 27 heteroatoms. The molecule has 1 saturated heterocycles. The summed E-state index contributed by atoms with van der Waals surface area (Å²) in [6, 6.07) is 0. The highest BCUT2D eigenvalue weighted by Gasteiger charge is 2.50. The van der Waals surface area contributed by atoms with Crippen LogP contribution in [0.5, 0.6) is 0 Å². The van der Waals surface area contributed by atoms with Crippen LogP contribution in [-0.4, -0.2) is 118 Å². The number of rotatable bonds is 18. The number of nitrogens with zero attached hydrogens (tertiary/aromatic N) is 4. The Morgan fingerprint density at radius 2 is 1.77 bits per heavy atom. The predicted molar refractivity (Wildman–Crippen MR) is 163 cm³/mol. The van der Waals surface area contributed by atoms with E-state index in [0.29, 0.717) is 12.3 Å². The van der Waals surface area contributed by atoms with Crippen LogP contribution in [0, 0.1) is 5.41 Å². The molecule has 10 N–H and O–H groups in total. The molecule has 1 aliphatic heterocycles. The van der Waals surface area contributed by atoms with E-state index in [-0.39, 0.29) is 35.9 Å². The number of fused-ring (bicyclic) bond motifs is 1. The minimum Gasteiger partial charge on any atom is -0.386 e. The molecular formula is C21H36N7O16P3S. The predicted octanol–water partition coefficient (Wildman–Crippen LogP) is -1.67. The second-order valence-electron chi connectivity index (χ2n) is 10.8. The fourth-order valence-electron chi connectivity index (χ4n) is 4.14. The van der Waals surface area contributed by atoms with Gasteiger partial charge in [0.25, 0.3) is 0 Å². The number of nitrogen functional groups attached to an aromatic ring is 1. The average molecular weight is 770 g/mol. The fraction of sp³-hybridized carbons (Fsp3) is 0.667. The van der Waals surface area contributed by atoms with Crippen molar-refractivity contribution in [2.45, 2.75) is 50.9 Å². The van der Waals surface area contributed by atoms with E-state index in [1.165, 1.54) is 13.8 Å². The topological polar surface area (TPSA) is 347 Å². The Balaban J connectivity index is 1.61. The third-order valence-electron chi connectivity index (χ3n) is 6.51. The largest absolute Gasteiger partial charge is 0.481 e. The Labute approximate surface area is 277 Å². The number of carbonyl (C=O) groups is 2. The van der Waals surface area contributed by atoms with Gasteiger partial charge in [-0.15, -0.1) is 0 Å². The van der Waals surface area contributed by atoms with Gasteiger partial charge in [-0.1, -0.05) is 13.8 Å². The first-order valence-corrected chi connectivity index (χ1v) is 18.8. The van der Waals surface area contributed by atoms with E-state index in [4.69, 9.17) is 19.5 Å². The van der Waals surface area contributed by atoms with Crippen LogP contribution in [0.4, 0.5) is 5.82 Å². The summed E-state index contributed by atoms with van der Waals surface area (Å²) in [5.41, 5.74) is 4.30. The summed E-state index contributed by atoms with van der Waals surface area (Å²) >= 11 is 3.95. The quantitative estimate of drug-likeness (QED) is 0.0460. The molecule has 0 bridgehead atoms. The van der Waals surface area contributed by atoms with Crippen molar-refractivity contribution in [2.75, 3.05) is 37.8 Å². The maximum absolute atomic E-state index is 12.6. The number of carbonyl (C=O) groups excluding carboxylic acids is 2. The first kappa shape index (κ1) is 40.3. The lowest BCUT2D eigenvalue weighted by molar-refractivity contribution is -0.137. The van der Waals surface area contributed by atoms with Gasteiger partial charge in [0, 0.05) is 30.7 Å². The number of ether oxygens (including phenoxy) is 1. The van der Waals surface area contributed by atoms with Gasteiger partial charge in [-0.25, -0.2) is 28.6 Å². The zero-order chi connectivity index (χ0) is 36.1. The molecule has 272 valence electrons. The molecule has 1 aliphatic rings. The lowest BCUT2D eigenvalue weighted by Crippen LogP contribution is -2.46. The Morgan fingerprint density at radius 1 is 1.10 bits per heavy atom. The number of nitrogens with two attached hydrogens (primary N) is 1. The number of nitrogens with one attached hydrogen (secondary N) is 2. The van der Waals surface area contributed by atoms with Crippen LogP contribution < -0.4 is 16.4 Å². The molecule has 0 saturated carbocycles. The molecule has 0 radical (unpaired) electrons. The lowest BCUT2D eigenvalue weighted by Gasteiger charge is -2.30. The van der Waals surface area contributed by atoms with Gasteiger partial charge in [-0.3, -0.25) is 27.7 Å². The summed E-state index contributed by atoms with van der Waals surface area (Å²) in [6.07, 6.45) is -6.74. The number of amides is 2. The maximum atomic E-state index is 12.6. The number of aromatic nitrogens is 4. The van der Waals surface area contributed by atoms with Crippen LogP contribution in [0.1, 0.15) is 26.5 Å². The zero-order valence-electron chi connectivity index (χ0n) is 25.2. The van der Waals surface area contributed by atoms with E-state index in [1.54, 1.807) is 0 Å². The molecule has 0 aliphatic carbocycles. The molecule has 0 spiro atoms. The van der Waals surface area contributed by atoms with Crippen LogP contribution in [0.25, 0.3) is 11.2 Å². The Kier molecular flexibility index (Phi) is 13.7. The number of hydrogen-bond donors (Lipinski definition) is 10. The molecule has 23 nitrogen and oxygen atoms in total. The number of aliphatic hydroxyl groups excluding tert-OH is 2. The van der Waals surface area contributed by atoms with Gasteiger partial charge in [0.05, 0.1) is 19.5 Å². The Bertz CT molecular complexity index is 1590. The van der Waals surface area contributed by atoms with E-state index in [9.17, 15) is 53.1 Å². The van der Waals surface area contributed by atoms with Gasteiger partial charge >= 0.3 is 23.5 Å². The molecule has 2 unspecified atom stereocenters. The molecular weight excluding hydrogens is 733 g/mol. The molecule has 2 amide bonds. The summed E-state index contributed by atoms with van der Waals surface area (Å²) in [4.78, 5) is 74.6. The molecule has 1 fully saturated rings. The average Bonchev–Trinajstić information content (AvgIpc) is 3.54. The second-order valence-corrected chi connectivity index (χ2v) is 15.5. The molecule has 3 heterocycles. The van der Waals surface area contributed by atoms with Crippen molar-refractivity contribution in [3.63, 3.8) is 0 Å². The monoisotopic (exact) mass is 769 g/mol. The SMILES string of the molecule is CC(C)(COP(=O)(O)OP(=O)(O)OC[C@H]1O[13C@@H](n2cnc3c(N)ncnc32)[13C@H](O)[C@@H]1OP(=O)(O)O)[C@@H](O)C(=O)NCCC(=O)NCCS. The van der Waals surface area contributed by atoms with Gasteiger partial charge in [-0.05, 0) is 0 Å². The minimum absolute atomic E-state index is 0.0363. The summed E-state index contributed by atoms with van der Waals surface area (Å²) in [7, 11) is -16.3. The minimum atomic E-state index is -5.54. The van der Waals surface area contributed by atoms with Crippen LogP contribution in [0.3, 0.4) is 0 Å². The van der Waals surface area contributed by atoms with Crippen molar-refractivity contribution in [3.05, 3.63) is 12.7 Å². The van der Waals surface area contributed by atoms with Crippen molar-refractivity contribution >= 4 is 64.9 Å². The summed E-state index contributed by atoms with van der Waals surface area (Å²) in [5.74, 6) is -0.943. The van der Waals surface area contributed by atoms with Gasteiger partial charge in [0.1, 0.15) is 36.3 Å². The normalized spacial score (nSPS) is 23.4. The standard InChI is InChI=1S/C21H36N7O16P3S/c1-21(2,16(31)19(32)24-4-3-12(29)23-5-6-48)8-41-47(38,39)44-46(36,37)40-7-11-15(43-45(33,34)35)14(30)20(42-11)28-10-27-13-17(22)25-9-26-18(13)28/h9-11,14-16,20,30-31,48H,3-8H2,1-2H3,(H,23,29)(H,24,32)(H,36,37)(H,38,39)(H2,22,25,26)(H2,33,34,35)/t11-,14-,15-,16+,20-/m1/s1/i14+1,20+1. The summed E-state index contributed by atoms with van der Waals surface area (Å²) in [6.45, 7) is 0.723. The zero-order valence-corrected chi connectivity index (χ0v) is 28.8. The van der Waals surface area contributed by atoms with Gasteiger partial charge in [0.2, 0.25) is 11.8 Å². The van der Waals surface area contributed by atoms with Gasteiger partial charge in [0.15, 0.2) is 17.7 Å². The molecule has 3 rings (SSSR count).